The van der Waals surface area contributed by atoms with E-state index in [1.54, 1.807) is 4.68 Å². The van der Waals surface area contributed by atoms with Crippen molar-refractivity contribution in [3.05, 3.63) is 60.3 Å². The van der Waals surface area contributed by atoms with E-state index >= 15 is 0 Å². The van der Waals surface area contributed by atoms with Gasteiger partial charge in [0, 0.05) is 31.9 Å². The summed E-state index contributed by atoms with van der Waals surface area (Å²) in [6, 6.07) is 10.2. The molecule has 0 bridgehead atoms. The van der Waals surface area contributed by atoms with Crippen LogP contribution in [0.15, 0.2) is 53.9 Å². The van der Waals surface area contributed by atoms with Gasteiger partial charge in [-0.25, -0.2) is 9.98 Å². The highest BCUT2D eigenvalue weighted by atomic mass is 16.5. The molecule has 29 heavy (non-hydrogen) atoms. The molecule has 8 nitrogen and oxygen atoms in total. The maximum Gasteiger partial charge on any atom is 0.194 e. The van der Waals surface area contributed by atoms with Crippen molar-refractivity contribution >= 4 is 5.96 Å². The summed E-state index contributed by atoms with van der Waals surface area (Å²) in [5, 5.41) is 7.66. The van der Waals surface area contributed by atoms with E-state index in [9.17, 15) is 0 Å². The summed E-state index contributed by atoms with van der Waals surface area (Å²) in [7, 11) is 1.92. The Morgan fingerprint density at radius 1 is 1.31 bits per heavy atom. The Labute approximate surface area is 170 Å². The predicted octanol–water partition coefficient (Wildman–Crippen LogP) is 2.35. The number of guanidine groups is 1. The lowest BCUT2D eigenvalue weighted by atomic mass is 10.1. The molecule has 1 fully saturated rings. The summed E-state index contributed by atoms with van der Waals surface area (Å²) in [6.07, 6.45) is 5.73. The molecule has 0 amide bonds. The molecule has 3 aromatic rings. The molecule has 4 rings (SSSR count). The zero-order valence-corrected chi connectivity index (χ0v) is 16.9. The highest BCUT2D eigenvalue weighted by Gasteiger charge is 2.25. The number of aryl methyl sites for hydroxylation is 1. The highest BCUT2D eigenvalue weighted by Crippen LogP contribution is 2.22. The van der Waals surface area contributed by atoms with Gasteiger partial charge in [-0.3, -0.25) is 4.68 Å². The quantitative estimate of drug-likeness (QED) is 0.514. The van der Waals surface area contributed by atoms with Crippen LogP contribution in [0.25, 0.3) is 11.3 Å². The smallest absolute Gasteiger partial charge is 0.194 e. The molecule has 1 unspecified atom stereocenters. The van der Waals surface area contributed by atoms with E-state index in [1.165, 1.54) is 0 Å². The molecule has 0 saturated carbocycles. The van der Waals surface area contributed by atoms with Gasteiger partial charge in [-0.1, -0.05) is 30.3 Å². The second-order valence-electron chi connectivity index (χ2n) is 7.03. The van der Waals surface area contributed by atoms with Gasteiger partial charge in [0.15, 0.2) is 5.96 Å². The molecular weight excluding hydrogens is 366 g/mol. The number of ether oxygens (including phenoxy) is 1. The second-order valence-corrected chi connectivity index (χ2v) is 7.03. The maximum atomic E-state index is 5.95. The fraction of sp³-hybridized carbons (Fsp3) is 0.381. The molecule has 1 atom stereocenters. The van der Waals surface area contributed by atoms with Crippen molar-refractivity contribution in [2.45, 2.75) is 19.6 Å². The summed E-state index contributed by atoms with van der Waals surface area (Å²) in [5.74, 6) is 1.72. The molecule has 0 radical (unpaired) electrons. The average molecular weight is 393 g/mol. The lowest BCUT2D eigenvalue weighted by molar-refractivity contribution is -0.00805. The van der Waals surface area contributed by atoms with Gasteiger partial charge in [0.05, 0.1) is 31.2 Å². The van der Waals surface area contributed by atoms with Crippen LogP contribution in [0.5, 0.6) is 0 Å². The van der Waals surface area contributed by atoms with Gasteiger partial charge in [0.25, 0.3) is 0 Å². The normalized spacial score (nSPS) is 17.5. The Morgan fingerprint density at radius 2 is 2.17 bits per heavy atom. The molecule has 2 N–H and O–H groups in total. The summed E-state index contributed by atoms with van der Waals surface area (Å²) in [6.45, 7) is 5.57. The first-order chi connectivity index (χ1) is 14.2. The molecule has 1 aliphatic heterocycles. The van der Waals surface area contributed by atoms with E-state index in [4.69, 9.17) is 9.73 Å². The third-order valence-corrected chi connectivity index (χ3v) is 4.89. The van der Waals surface area contributed by atoms with Gasteiger partial charge >= 0.3 is 0 Å². The fourth-order valence-corrected chi connectivity index (χ4v) is 3.43. The second kappa shape index (κ2) is 8.91. The number of imidazole rings is 1. The van der Waals surface area contributed by atoms with Crippen molar-refractivity contribution in [3.8, 4) is 11.3 Å². The number of aliphatic imine (C=N–C) groups is 1. The molecule has 1 aliphatic rings. The number of hydrogen-bond acceptors (Lipinski definition) is 4. The first-order valence-corrected chi connectivity index (χ1v) is 9.95. The van der Waals surface area contributed by atoms with Gasteiger partial charge in [0.1, 0.15) is 18.5 Å². The van der Waals surface area contributed by atoms with Crippen LogP contribution in [0.1, 0.15) is 24.4 Å². The Hall–Kier alpha value is -3.13. The minimum absolute atomic E-state index is 0.00500. The molecule has 0 spiro atoms. The van der Waals surface area contributed by atoms with Crippen LogP contribution in [0.4, 0.5) is 0 Å². The van der Waals surface area contributed by atoms with Crippen LogP contribution in [0, 0.1) is 0 Å². The van der Waals surface area contributed by atoms with Crippen LogP contribution in [-0.2, 0) is 18.3 Å². The summed E-state index contributed by atoms with van der Waals surface area (Å²) in [4.78, 5) is 14.9. The molecule has 0 aliphatic carbocycles. The Morgan fingerprint density at radius 3 is 2.93 bits per heavy atom. The van der Waals surface area contributed by atoms with Crippen LogP contribution in [0.3, 0.4) is 0 Å². The standard InChI is InChI=1S/C21H27N7O/c1-3-22-21(28-9-10-29-19(15-28)17-11-25-27(2)14-17)24-13-20-23-12-18(26-20)16-7-5-4-6-8-16/h4-8,11-12,14,19H,3,9-10,13,15H2,1-2H3,(H,22,24)(H,23,26). The van der Waals surface area contributed by atoms with Crippen molar-refractivity contribution in [1.29, 1.82) is 0 Å². The van der Waals surface area contributed by atoms with Gasteiger partial charge in [-0.05, 0) is 12.5 Å². The summed E-state index contributed by atoms with van der Waals surface area (Å²) >= 11 is 0. The number of hydrogen-bond donors (Lipinski definition) is 2. The lowest BCUT2D eigenvalue weighted by Crippen LogP contribution is -2.48. The topological polar surface area (TPSA) is 83.4 Å². The maximum absolute atomic E-state index is 5.95. The monoisotopic (exact) mass is 393 g/mol. The molecule has 2 aromatic heterocycles. The van der Waals surface area contributed by atoms with Gasteiger partial charge < -0.3 is 19.9 Å². The highest BCUT2D eigenvalue weighted by molar-refractivity contribution is 5.80. The number of nitrogens with zero attached hydrogens (tertiary/aromatic N) is 5. The minimum Gasteiger partial charge on any atom is -0.370 e. The molecule has 152 valence electrons. The number of benzene rings is 1. The third-order valence-electron chi connectivity index (χ3n) is 4.89. The summed E-state index contributed by atoms with van der Waals surface area (Å²) in [5.41, 5.74) is 3.21. The van der Waals surface area contributed by atoms with E-state index in [-0.39, 0.29) is 6.10 Å². The van der Waals surface area contributed by atoms with Crippen LogP contribution < -0.4 is 5.32 Å². The van der Waals surface area contributed by atoms with Crippen molar-refractivity contribution in [2.24, 2.45) is 12.0 Å². The van der Waals surface area contributed by atoms with E-state index in [1.807, 2.05) is 43.8 Å². The zero-order chi connectivity index (χ0) is 20.1. The van der Waals surface area contributed by atoms with E-state index in [0.717, 1.165) is 48.2 Å². The molecule has 1 aromatic carbocycles. The number of aromatic nitrogens is 4. The predicted molar refractivity (Wildman–Crippen MR) is 112 cm³/mol. The first-order valence-electron chi connectivity index (χ1n) is 9.95. The minimum atomic E-state index is -0.00500. The van der Waals surface area contributed by atoms with Crippen molar-refractivity contribution in [2.75, 3.05) is 26.2 Å². The number of H-pyrrole nitrogens is 1. The van der Waals surface area contributed by atoms with Crippen LogP contribution >= 0.6 is 0 Å². The van der Waals surface area contributed by atoms with Crippen molar-refractivity contribution in [3.63, 3.8) is 0 Å². The molecular formula is C21H27N7O. The number of rotatable bonds is 5. The Kier molecular flexibility index (Phi) is 5.90. The Balaban J connectivity index is 1.45. The van der Waals surface area contributed by atoms with E-state index in [0.29, 0.717) is 13.2 Å². The Bertz CT molecular complexity index is 947. The molecule has 8 heteroatoms. The lowest BCUT2D eigenvalue weighted by Gasteiger charge is -2.34. The molecule has 3 heterocycles. The van der Waals surface area contributed by atoms with E-state index < -0.39 is 0 Å². The van der Waals surface area contributed by atoms with E-state index in [2.05, 4.69) is 44.3 Å². The van der Waals surface area contributed by atoms with Crippen molar-refractivity contribution in [1.82, 2.24) is 30.0 Å². The van der Waals surface area contributed by atoms with Crippen LogP contribution in [-0.4, -0.2) is 56.8 Å². The van der Waals surface area contributed by atoms with Gasteiger partial charge in [0.2, 0.25) is 0 Å². The fourth-order valence-electron chi connectivity index (χ4n) is 3.43. The number of morpholine rings is 1. The van der Waals surface area contributed by atoms with Crippen molar-refractivity contribution < 1.29 is 4.74 Å². The summed E-state index contributed by atoms with van der Waals surface area (Å²) < 4.78 is 7.76. The number of aromatic amines is 1. The van der Waals surface area contributed by atoms with Gasteiger partial charge in [-0.2, -0.15) is 5.10 Å². The molecule has 1 saturated heterocycles. The third kappa shape index (κ3) is 4.65. The van der Waals surface area contributed by atoms with Crippen LogP contribution in [0.2, 0.25) is 0 Å². The average Bonchev–Trinajstić information content (AvgIpc) is 3.41. The first kappa shape index (κ1) is 19.2. The van der Waals surface area contributed by atoms with Gasteiger partial charge in [-0.15, -0.1) is 0 Å². The largest absolute Gasteiger partial charge is 0.370 e. The number of nitrogens with one attached hydrogen (secondary N) is 2. The SMILES string of the molecule is CCNC(=NCc1ncc(-c2ccccc2)[nH]1)N1CCOC(c2cnn(C)c2)C1. The zero-order valence-electron chi connectivity index (χ0n) is 16.9.